The van der Waals surface area contributed by atoms with Crippen molar-refractivity contribution in [2.45, 2.75) is 13.1 Å². The molecule has 0 aliphatic rings. The van der Waals surface area contributed by atoms with Crippen molar-refractivity contribution in [3.8, 4) is 5.69 Å². The molecule has 2 rings (SSSR count). The third-order valence-electron chi connectivity index (χ3n) is 3.42. The van der Waals surface area contributed by atoms with Crippen LogP contribution in [0.25, 0.3) is 5.69 Å². The first-order chi connectivity index (χ1) is 11.4. The maximum atomic E-state index is 14.2. The number of nitro benzene ring substituents is 1. The quantitative estimate of drug-likeness (QED) is 0.420. The van der Waals surface area contributed by atoms with Crippen molar-refractivity contribution in [3.05, 3.63) is 64.6 Å². The van der Waals surface area contributed by atoms with Gasteiger partial charge in [0.25, 0.3) is 11.2 Å². The molecule has 0 aliphatic heterocycles. The highest BCUT2D eigenvalue weighted by atomic mass is 79.9. The van der Waals surface area contributed by atoms with Gasteiger partial charge in [0.05, 0.1) is 15.1 Å². The smallest absolute Gasteiger partial charge is 0.292 e. The van der Waals surface area contributed by atoms with Gasteiger partial charge in [-0.2, -0.15) is 13.2 Å². The fourth-order valence-corrected chi connectivity index (χ4v) is 2.77. The zero-order valence-corrected chi connectivity index (χ0v) is 14.1. The maximum absolute atomic E-state index is 14.2. The average Bonchev–Trinajstić information content (AvgIpc) is 2.45. The van der Waals surface area contributed by atoms with Gasteiger partial charge in [0.15, 0.2) is 0 Å². The molecule has 0 fully saturated rings. The molecule has 0 radical (unpaired) electrons. The van der Waals surface area contributed by atoms with Crippen LogP contribution in [0.2, 0.25) is 0 Å². The highest BCUT2D eigenvalue weighted by Crippen LogP contribution is 2.31. The normalized spacial score (nSPS) is 11.6. The summed E-state index contributed by atoms with van der Waals surface area (Å²) in [6, 6.07) is 1.24. The van der Waals surface area contributed by atoms with Crippen LogP contribution in [0.5, 0.6) is 0 Å². The summed E-state index contributed by atoms with van der Waals surface area (Å²) in [5.41, 5.74) is -6.73. The second kappa shape index (κ2) is 6.10. The van der Waals surface area contributed by atoms with E-state index in [0.29, 0.717) is 12.1 Å². The lowest BCUT2D eigenvalue weighted by molar-refractivity contribution is -0.385. The van der Waals surface area contributed by atoms with Crippen molar-refractivity contribution in [1.29, 1.82) is 0 Å². The van der Waals surface area contributed by atoms with E-state index < -0.39 is 50.8 Å². The van der Waals surface area contributed by atoms with Crippen molar-refractivity contribution in [3.63, 3.8) is 0 Å². The molecule has 0 amide bonds. The van der Waals surface area contributed by atoms with E-state index in [0.717, 1.165) is 14.0 Å². The molecule has 0 saturated heterocycles. The second-order valence-corrected chi connectivity index (χ2v) is 5.82. The topological polar surface area (TPSA) is 87.1 Å². The van der Waals surface area contributed by atoms with Crippen LogP contribution in [-0.4, -0.2) is 14.1 Å². The van der Waals surface area contributed by atoms with E-state index in [1.807, 2.05) is 0 Å². The molecule has 25 heavy (non-hydrogen) atoms. The lowest BCUT2D eigenvalue weighted by atomic mass is 10.2. The molecule has 1 aromatic carbocycles. The number of alkyl halides is 3. The predicted molar refractivity (Wildman–Crippen MR) is 81.3 cm³/mol. The van der Waals surface area contributed by atoms with Crippen LogP contribution in [-0.2, 0) is 13.2 Å². The van der Waals surface area contributed by atoms with Crippen LogP contribution in [0.4, 0.5) is 23.2 Å². The summed E-state index contributed by atoms with van der Waals surface area (Å²) in [5.74, 6) is -1.20. The molecule has 0 N–H and O–H groups in total. The zero-order chi connectivity index (χ0) is 19.3. The molecule has 0 aliphatic carbocycles. The number of aromatic nitrogens is 2. The third kappa shape index (κ3) is 3.08. The number of rotatable bonds is 2. The second-order valence-electron chi connectivity index (χ2n) is 4.97. The molecule has 7 nitrogen and oxygen atoms in total. The van der Waals surface area contributed by atoms with Gasteiger partial charge in [-0.15, -0.1) is 0 Å². The Labute approximate surface area is 144 Å². The van der Waals surface area contributed by atoms with Crippen LogP contribution >= 0.6 is 15.9 Å². The Kier molecular flexibility index (Phi) is 4.59. The Hall–Kier alpha value is -2.50. The summed E-state index contributed by atoms with van der Waals surface area (Å²) in [6.45, 7) is 0.826. The highest BCUT2D eigenvalue weighted by molar-refractivity contribution is 9.10. The predicted octanol–water partition coefficient (Wildman–Crippen LogP) is 2.67. The molecule has 1 aromatic heterocycles. The maximum Gasteiger partial charge on any atom is 0.432 e. The van der Waals surface area contributed by atoms with E-state index in [-0.39, 0.29) is 13.6 Å². The average molecular weight is 426 g/mol. The van der Waals surface area contributed by atoms with E-state index in [1.165, 1.54) is 0 Å². The first-order valence-electron chi connectivity index (χ1n) is 6.41. The molecule has 2 aromatic rings. The highest BCUT2D eigenvalue weighted by Gasteiger charge is 2.38. The number of benzene rings is 1. The van der Waals surface area contributed by atoms with Gasteiger partial charge in [0, 0.05) is 18.7 Å². The van der Waals surface area contributed by atoms with Crippen LogP contribution in [0, 0.1) is 22.9 Å². The van der Waals surface area contributed by atoms with E-state index in [4.69, 9.17) is 0 Å². The van der Waals surface area contributed by atoms with Crippen molar-refractivity contribution < 1.29 is 22.5 Å². The van der Waals surface area contributed by atoms with Gasteiger partial charge >= 0.3 is 11.9 Å². The van der Waals surface area contributed by atoms with Crippen molar-refractivity contribution >= 4 is 21.6 Å². The Morgan fingerprint density at radius 3 is 2.28 bits per heavy atom. The van der Waals surface area contributed by atoms with Crippen molar-refractivity contribution in [2.75, 3.05) is 0 Å². The van der Waals surface area contributed by atoms with Crippen LogP contribution in [0.3, 0.4) is 0 Å². The van der Waals surface area contributed by atoms with Crippen molar-refractivity contribution in [2.24, 2.45) is 7.05 Å². The summed E-state index contributed by atoms with van der Waals surface area (Å²) in [5, 5.41) is 10.9. The molecular formula is C13H8BrF4N3O4. The summed E-state index contributed by atoms with van der Waals surface area (Å²) < 4.78 is 53.3. The number of hydrogen-bond donors (Lipinski definition) is 0. The third-order valence-corrected chi connectivity index (χ3v) is 4.05. The minimum atomic E-state index is -4.99. The zero-order valence-electron chi connectivity index (χ0n) is 12.5. The Morgan fingerprint density at radius 2 is 1.80 bits per heavy atom. The van der Waals surface area contributed by atoms with E-state index in [1.54, 1.807) is 0 Å². The van der Waals surface area contributed by atoms with Gasteiger partial charge < -0.3 is 0 Å². The Bertz CT molecular complexity index is 973. The van der Waals surface area contributed by atoms with Gasteiger partial charge in [0.1, 0.15) is 11.5 Å². The first kappa shape index (κ1) is 18.8. The van der Waals surface area contributed by atoms with Gasteiger partial charge in [-0.05, 0) is 28.9 Å². The van der Waals surface area contributed by atoms with Crippen LogP contribution in [0.1, 0.15) is 11.3 Å². The molecule has 0 unspecified atom stereocenters. The van der Waals surface area contributed by atoms with E-state index >= 15 is 0 Å². The van der Waals surface area contributed by atoms with Crippen molar-refractivity contribution in [1.82, 2.24) is 9.13 Å². The minimum Gasteiger partial charge on any atom is -0.292 e. The largest absolute Gasteiger partial charge is 0.432 e. The summed E-state index contributed by atoms with van der Waals surface area (Å²) in [7, 11) is 0.763. The first-order valence-corrected chi connectivity index (χ1v) is 7.20. The monoisotopic (exact) mass is 425 g/mol. The van der Waals surface area contributed by atoms with Crippen LogP contribution in [0.15, 0.2) is 26.2 Å². The number of halogens is 5. The summed E-state index contributed by atoms with van der Waals surface area (Å²) >= 11 is 2.76. The standard InChI is InChI=1S/C13H8BrF4N3O4/c1-5-10(13(16,17)18)19(2)12(23)20(11(5)22)9-4-8(21(24)25)6(14)3-7(9)15/h3-4H,1-2H3. The molecule has 1 heterocycles. The van der Waals surface area contributed by atoms with Gasteiger partial charge in [-0.3, -0.25) is 19.5 Å². The molecule has 0 spiro atoms. The van der Waals surface area contributed by atoms with Crippen LogP contribution < -0.4 is 11.2 Å². The summed E-state index contributed by atoms with van der Waals surface area (Å²) in [6.07, 6.45) is -4.99. The number of nitrogens with zero attached hydrogens (tertiary/aromatic N) is 3. The lowest BCUT2D eigenvalue weighted by Crippen LogP contribution is -2.43. The van der Waals surface area contributed by atoms with Gasteiger partial charge in [-0.1, -0.05) is 0 Å². The molecule has 0 atom stereocenters. The van der Waals surface area contributed by atoms with E-state index in [9.17, 15) is 37.3 Å². The number of nitro groups is 1. The van der Waals surface area contributed by atoms with E-state index in [2.05, 4.69) is 15.9 Å². The fourth-order valence-electron chi connectivity index (χ4n) is 2.31. The fraction of sp³-hybridized carbons (Fsp3) is 0.231. The van der Waals surface area contributed by atoms with Gasteiger partial charge in [-0.25, -0.2) is 13.8 Å². The Morgan fingerprint density at radius 1 is 1.24 bits per heavy atom. The molecular weight excluding hydrogens is 418 g/mol. The lowest BCUT2D eigenvalue weighted by Gasteiger charge is -2.17. The Balaban J connectivity index is 2.97. The SMILES string of the molecule is Cc1c(C(F)(F)F)n(C)c(=O)n(-c2cc([N+](=O)[O-])c(Br)cc2F)c1=O. The summed E-state index contributed by atoms with van der Waals surface area (Å²) in [4.78, 5) is 34.5. The molecule has 134 valence electrons. The number of hydrogen-bond acceptors (Lipinski definition) is 4. The van der Waals surface area contributed by atoms with Gasteiger partial charge in [0.2, 0.25) is 0 Å². The molecule has 0 saturated carbocycles. The minimum absolute atomic E-state index is 0.124. The molecule has 12 heteroatoms. The molecule has 0 bridgehead atoms.